The number of hydrogen-bond donors (Lipinski definition) is 1. The molecule has 0 radical (unpaired) electrons. The van der Waals surface area contributed by atoms with Gasteiger partial charge >= 0.3 is 0 Å². The summed E-state index contributed by atoms with van der Waals surface area (Å²) in [5.74, 6) is 0.265. The van der Waals surface area contributed by atoms with Crippen LogP contribution in [0, 0.1) is 0 Å². The number of carbonyl (C=O) groups is 1. The van der Waals surface area contributed by atoms with Gasteiger partial charge in [0.15, 0.2) is 0 Å². The highest BCUT2D eigenvalue weighted by Gasteiger charge is 2.20. The predicted molar refractivity (Wildman–Crippen MR) is 69.2 cm³/mol. The summed E-state index contributed by atoms with van der Waals surface area (Å²) in [6.45, 7) is 2.46. The van der Waals surface area contributed by atoms with E-state index in [9.17, 15) is 4.79 Å². The summed E-state index contributed by atoms with van der Waals surface area (Å²) < 4.78 is 0. The fraction of sp³-hybridized carbons (Fsp3) is 0.545. The molecule has 0 bridgehead atoms. The number of thiophene rings is 1. The molecule has 5 heteroatoms. The minimum Gasteiger partial charge on any atom is -0.338 e. The van der Waals surface area contributed by atoms with Gasteiger partial charge in [-0.25, -0.2) is 0 Å². The molecule has 1 amide bonds. The number of fused-ring (bicyclic) bond motifs is 1. The standard InChI is InChI=1S/C11H16N2OS.ClH/c1-12-5-2-11(14)13-6-3-10-9(8-13)4-7-15-10;/h4,7,12H,2-3,5-6,8H2,1H3;1H. The first-order valence-corrected chi connectivity index (χ1v) is 6.17. The van der Waals surface area contributed by atoms with Crippen molar-refractivity contribution in [3.63, 3.8) is 0 Å². The largest absolute Gasteiger partial charge is 0.338 e. The molecule has 2 rings (SSSR count). The third-order valence-corrected chi connectivity index (χ3v) is 3.77. The van der Waals surface area contributed by atoms with E-state index in [1.165, 1.54) is 10.4 Å². The molecule has 2 heterocycles. The molecule has 0 fully saturated rings. The number of nitrogens with zero attached hydrogens (tertiary/aromatic N) is 1. The number of rotatable bonds is 3. The van der Waals surface area contributed by atoms with Gasteiger partial charge < -0.3 is 10.2 Å². The molecular formula is C11H17ClN2OS. The van der Waals surface area contributed by atoms with Crippen molar-refractivity contribution in [1.82, 2.24) is 10.2 Å². The van der Waals surface area contributed by atoms with Crippen molar-refractivity contribution in [3.8, 4) is 0 Å². The second kappa shape index (κ2) is 6.23. The average molecular weight is 261 g/mol. The lowest BCUT2D eigenvalue weighted by Crippen LogP contribution is -2.36. The van der Waals surface area contributed by atoms with Gasteiger partial charge in [-0.1, -0.05) is 0 Å². The third-order valence-electron chi connectivity index (χ3n) is 2.75. The predicted octanol–water partition coefficient (Wildman–Crippen LogP) is 1.66. The molecule has 0 atom stereocenters. The first-order chi connectivity index (χ1) is 7.31. The van der Waals surface area contributed by atoms with Crippen molar-refractivity contribution < 1.29 is 4.79 Å². The summed E-state index contributed by atoms with van der Waals surface area (Å²) in [6, 6.07) is 2.14. The lowest BCUT2D eigenvalue weighted by Gasteiger charge is -2.27. The van der Waals surface area contributed by atoms with Crippen molar-refractivity contribution >= 4 is 29.7 Å². The molecule has 0 aliphatic carbocycles. The second-order valence-corrected chi connectivity index (χ2v) is 4.79. The van der Waals surface area contributed by atoms with Crippen molar-refractivity contribution in [2.24, 2.45) is 0 Å². The fourth-order valence-corrected chi connectivity index (χ4v) is 2.74. The number of halogens is 1. The summed E-state index contributed by atoms with van der Waals surface area (Å²) in [7, 11) is 1.88. The van der Waals surface area contributed by atoms with E-state index in [-0.39, 0.29) is 18.3 Å². The number of hydrogen-bond acceptors (Lipinski definition) is 3. The normalized spacial score (nSPS) is 14.2. The number of amides is 1. The van der Waals surface area contributed by atoms with E-state index in [1.54, 1.807) is 11.3 Å². The SMILES string of the molecule is CNCCC(=O)N1CCc2sccc2C1.Cl. The second-order valence-electron chi connectivity index (χ2n) is 3.79. The van der Waals surface area contributed by atoms with Crippen molar-refractivity contribution in [2.45, 2.75) is 19.4 Å². The Morgan fingerprint density at radius 1 is 1.62 bits per heavy atom. The van der Waals surface area contributed by atoms with Gasteiger partial charge in [0.2, 0.25) is 5.91 Å². The molecule has 1 aliphatic heterocycles. The van der Waals surface area contributed by atoms with E-state index in [0.717, 1.165) is 26.1 Å². The molecule has 16 heavy (non-hydrogen) atoms. The zero-order valence-electron chi connectivity index (χ0n) is 9.36. The van der Waals surface area contributed by atoms with Crippen LogP contribution in [-0.2, 0) is 17.8 Å². The summed E-state index contributed by atoms with van der Waals surface area (Å²) in [5, 5.41) is 5.12. The summed E-state index contributed by atoms with van der Waals surface area (Å²) >= 11 is 1.81. The van der Waals surface area contributed by atoms with E-state index in [1.807, 2.05) is 11.9 Å². The van der Waals surface area contributed by atoms with Gasteiger partial charge in [0, 0.05) is 30.9 Å². The van der Waals surface area contributed by atoms with Gasteiger partial charge in [-0.05, 0) is 30.5 Å². The highest BCUT2D eigenvalue weighted by atomic mass is 35.5. The maximum absolute atomic E-state index is 11.8. The van der Waals surface area contributed by atoms with Crippen molar-refractivity contribution in [3.05, 3.63) is 21.9 Å². The Balaban J connectivity index is 0.00000128. The smallest absolute Gasteiger partial charge is 0.224 e. The topological polar surface area (TPSA) is 32.3 Å². The maximum Gasteiger partial charge on any atom is 0.224 e. The van der Waals surface area contributed by atoms with E-state index in [4.69, 9.17) is 0 Å². The van der Waals surface area contributed by atoms with Crippen LogP contribution >= 0.6 is 23.7 Å². The Labute approximate surface area is 106 Å². The summed E-state index contributed by atoms with van der Waals surface area (Å²) in [5.41, 5.74) is 1.34. The molecule has 3 nitrogen and oxygen atoms in total. The molecule has 0 spiro atoms. The zero-order valence-corrected chi connectivity index (χ0v) is 11.0. The van der Waals surface area contributed by atoms with Crippen LogP contribution in [-0.4, -0.2) is 30.9 Å². The van der Waals surface area contributed by atoms with Crippen LogP contribution in [0.3, 0.4) is 0 Å². The van der Waals surface area contributed by atoms with Crippen LogP contribution in [0.2, 0.25) is 0 Å². The quantitative estimate of drug-likeness (QED) is 0.897. The highest BCUT2D eigenvalue weighted by molar-refractivity contribution is 7.10. The van der Waals surface area contributed by atoms with Crippen LogP contribution in [0.4, 0.5) is 0 Å². The van der Waals surface area contributed by atoms with Gasteiger partial charge in [0.05, 0.1) is 0 Å². The van der Waals surface area contributed by atoms with Crippen molar-refractivity contribution in [2.75, 3.05) is 20.1 Å². The van der Waals surface area contributed by atoms with Gasteiger partial charge in [0.1, 0.15) is 0 Å². The molecule has 1 N–H and O–H groups in total. The minimum atomic E-state index is 0. The van der Waals surface area contributed by atoms with E-state index < -0.39 is 0 Å². The third kappa shape index (κ3) is 2.97. The number of nitrogens with one attached hydrogen (secondary N) is 1. The molecule has 0 aromatic carbocycles. The van der Waals surface area contributed by atoms with Crippen LogP contribution < -0.4 is 5.32 Å². The van der Waals surface area contributed by atoms with Crippen LogP contribution in [0.1, 0.15) is 16.9 Å². The monoisotopic (exact) mass is 260 g/mol. The molecular weight excluding hydrogens is 244 g/mol. The average Bonchev–Trinajstić information content (AvgIpc) is 2.72. The molecule has 1 aromatic heterocycles. The Morgan fingerprint density at radius 3 is 3.19 bits per heavy atom. The fourth-order valence-electron chi connectivity index (χ4n) is 1.85. The zero-order chi connectivity index (χ0) is 10.7. The Kier molecular flexibility index (Phi) is 5.25. The summed E-state index contributed by atoms with van der Waals surface area (Å²) in [4.78, 5) is 15.2. The Bertz CT molecular complexity index is 354. The molecule has 1 aromatic rings. The Morgan fingerprint density at radius 2 is 2.44 bits per heavy atom. The van der Waals surface area contributed by atoms with E-state index in [2.05, 4.69) is 16.8 Å². The molecule has 0 saturated heterocycles. The van der Waals surface area contributed by atoms with Gasteiger partial charge in [0.25, 0.3) is 0 Å². The lowest BCUT2D eigenvalue weighted by atomic mass is 10.1. The van der Waals surface area contributed by atoms with Gasteiger partial charge in [-0.15, -0.1) is 23.7 Å². The summed E-state index contributed by atoms with van der Waals surface area (Å²) in [6.07, 6.45) is 1.63. The van der Waals surface area contributed by atoms with E-state index in [0.29, 0.717) is 6.42 Å². The van der Waals surface area contributed by atoms with Crippen LogP contribution in [0.25, 0.3) is 0 Å². The molecule has 0 saturated carbocycles. The van der Waals surface area contributed by atoms with Crippen molar-refractivity contribution in [1.29, 1.82) is 0 Å². The van der Waals surface area contributed by atoms with Crippen LogP contribution in [0.5, 0.6) is 0 Å². The van der Waals surface area contributed by atoms with Gasteiger partial charge in [-0.2, -0.15) is 0 Å². The Hall–Kier alpha value is -0.580. The number of carbonyl (C=O) groups excluding carboxylic acids is 1. The van der Waals surface area contributed by atoms with Crippen LogP contribution in [0.15, 0.2) is 11.4 Å². The lowest BCUT2D eigenvalue weighted by molar-refractivity contribution is -0.131. The van der Waals surface area contributed by atoms with E-state index >= 15 is 0 Å². The first-order valence-electron chi connectivity index (χ1n) is 5.29. The van der Waals surface area contributed by atoms with Gasteiger partial charge in [-0.3, -0.25) is 4.79 Å². The molecule has 0 unspecified atom stereocenters. The minimum absolute atomic E-state index is 0. The first kappa shape index (κ1) is 13.5. The maximum atomic E-state index is 11.8. The highest BCUT2D eigenvalue weighted by Crippen LogP contribution is 2.24. The molecule has 90 valence electrons. The molecule has 1 aliphatic rings.